The molecule has 88 valence electrons. The van der Waals surface area contributed by atoms with Gasteiger partial charge in [0.25, 0.3) is 0 Å². The molecule has 15 heavy (non-hydrogen) atoms. The van der Waals surface area contributed by atoms with Gasteiger partial charge in [0.1, 0.15) is 6.04 Å². The van der Waals surface area contributed by atoms with Gasteiger partial charge in [-0.05, 0) is 24.2 Å². The van der Waals surface area contributed by atoms with Crippen molar-refractivity contribution in [1.29, 1.82) is 0 Å². The highest BCUT2D eigenvalue weighted by molar-refractivity contribution is 5.73. The summed E-state index contributed by atoms with van der Waals surface area (Å²) in [6, 6.07) is -0.0617. The number of hydrogen-bond acceptors (Lipinski definition) is 2. The summed E-state index contributed by atoms with van der Waals surface area (Å²) in [4.78, 5) is 11.1. The van der Waals surface area contributed by atoms with Gasteiger partial charge in [0.15, 0.2) is 0 Å². The molecule has 0 aromatic carbocycles. The molecule has 0 spiro atoms. The summed E-state index contributed by atoms with van der Waals surface area (Å²) >= 11 is 0. The van der Waals surface area contributed by atoms with Crippen molar-refractivity contribution >= 4 is 5.97 Å². The van der Waals surface area contributed by atoms with E-state index in [1.807, 2.05) is 13.8 Å². The van der Waals surface area contributed by atoms with E-state index in [4.69, 9.17) is 5.11 Å². The number of rotatable bonds is 4. The van der Waals surface area contributed by atoms with E-state index in [-0.39, 0.29) is 11.3 Å². The van der Waals surface area contributed by atoms with Crippen molar-refractivity contribution < 1.29 is 9.90 Å². The predicted molar refractivity (Wildman–Crippen MR) is 60.8 cm³/mol. The Morgan fingerprint density at radius 2 is 2.07 bits per heavy atom. The Balaban J connectivity index is 2.62. The SMILES string of the molecule is CC(C)C(NC1CCCC1(C)C)C(=O)O. The highest BCUT2D eigenvalue weighted by Crippen LogP contribution is 2.37. The summed E-state index contributed by atoms with van der Waals surface area (Å²) in [5.74, 6) is -0.591. The van der Waals surface area contributed by atoms with Gasteiger partial charge in [0, 0.05) is 6.04 Å². The van der Waals surface area contributed by atoms with Crippen LogP contribution in [-0.2, 0) is 4.79 Å². The number of carboxylic acid groups (broad SMARTS) is 1. The normalized spacial score (nSPS) is 26.9. The van der Waals surface area contributed by atoms with Crippen molar-refractivity contribution in [3.63, 3.8) is 0 Å². The predicted octanol–water partition coefficient (Wildman–Crippen LogP) is 2.26. The van der Waals surface area contributed by atoms with Crippen molar-refractivity contribution in [2.24, 2.45) is 11.3 Å². The van der Waals surface area contributed by atoms with Crippen molar-refractivity contribution in [2.75, 3.05) is 0 Å². The van der Waals surface area contributed by atoms with Crippen LogP contribution in [0.5, 0.6) is 0 Å². The summed E-state index contributed by atoms with van der Waals surface area (Å²) in [5, 5.41) is 12.4. The first-order chi connectivity index (χ1) is 6.84. The van der Waals surface area contributed by atoms with E-state index in [0.29, 0.717) is 6.04 Å². The summed E-state index contributed by atoms with van der Waals surface area (Å²) in [7, 11) is 0. The average Bonchev–Trinajstić information content (AvgIpc) is 2.39. The summed E-state index contributed by atoms with van der Waals surface area (Å²) in [6.07, 6.45) is 3.49. The minimum Gasteiger partial charge on any atom is -0.480 e. The van der Waals surface area contributed by atoms with E-state index >= 15 is 0 Å². The van der Waals surface area contributed by atoms with Gasteiger partial charge >= 0.3 is 5.97 Å². The lowest BCUT2D eigenvalue weighted by molar-refractivity contribution is -0.141. The fourth-order valence-corrected chi connectivity index (χ4v) is 2.40. The highest BCUT2D eigenvalue weighted by Gasteiger charge is 2.37. The van der Waals surface area contributed by atoms with Crippen LogP contribution < -0.4 is 5.32 Å². The average molecular weight is 213 g/mol. The number of carbonyl (C=O) groups is 1. The van der Waals surface area contributed by atoms with Crippen LogP contribution in [0.4, 0.5) is 0 Å². The maximum Gasteiger partial charge on any atom is 0.320 e. The largest absolute Gasteiger partial charge is 0.480 e. The Morgan fingerprint density at radius 1 is 1.47 bits per heavy atom. The first-order valence-electron chi connectivity index (χ1n) is 5.83. The van der Waals surface area contributed by atoms with Gasteiger partial charge in [-0.25, -0.2) is 0 Å². The summed E-state index contributed by atoms with van der Waals surface area (Å²) in [5.41, 5.74) is 0.239. The Hall–Kier alpha value is -0.570. The van der Waals surface area contributed by atoms with Crippen LogP contribution in [0, 0.1) is 11.3 Å². The maximum absolute atomic E-state index is 11.1. The Kier molecular flexibility index (Phi) is 3.77. The second kappa shape index (κ2) is 4.52. The minimum absolute atomic E-state index is 0.138. The van der Waals surface area contributed by atoms with Gasteiger partial charge < -0.3 is 10.4 Å². The quantitative estimate of drug-likeness (QED) is 0.753. The topological polar surface area (TPSA) is 49.3 Å². The number of aliphatic carboxylic acids is 1. The zero-order valence-electron chi connectivity index (χ0n) is 10.2. The molecule has 1 saturated carbocycles. The van der Waals surface area contributed by atoms with Gasteiger partial charge in [0.2, 0.25) is 0 Å². The highest BCUT2D eigenvalue weighted by atomic mass is 16.4. The van der Waals surface area contributed by atoms with Gasteiger partial charge in [-0.2, -0.15) is 0 Å². The van der Waals surface area contributed by atoms with Crippen molar-refractivity contribution in [3.8, 4) is 0 Å². The summed E-state index contributed by atoms with van der Waals surface area (Å²) < 4.78 is 0. The van der Waals surface area contributed by atoms with Gasteiger partial charge in [-0.1, -0.05) is 34.1 Å². The molecule has 3 nitrogen and oxygen atoms in total. The molecule has 3 heteroatoms. The van der Waals surface area contributed by atoms with E-state index in [0.717, 1.165) is 6.42 Å². The minimum atomic E-state index is -0.729. The molecule has 0 aliphatic heterocycles. The Labute approximate surface area is 92.3 Å². The summed E-state index contributed by atoms with van der Waals surface area (Å²) in [6.45, 7) is 8.34. The molecule has 0 radical (unpaired) electrons. The van der Waals surface area contributed by atoms with Crippen LogP contribution in [0.3, 0.4) is 0 Å². The molecule has 0 bridgehead atoms. The molecule has 0 aromatic rings. The number of nitrogens with one attached hydrogen (secondary N) is 1. The first kappa shape index (κ1) is 12.5. The monoisotopic (exact) mass is 213 g/mol. The van der Waals surface area contributed by atoms with E-state index in [1.54, 1.807) is 0 Å². The molecule has 1 fully saturated rings. The first-order valence-corrected chi connectivity index (χ1v) is 5.83. The lowest BCUT2D eigenvalue weighted by atomic mass is 9.86. The molecule has 1 rings (SSSR count). The van der Waals surface area contributed by atoms with E-state index < -0.39 is 12.0 Å². The van der Waals surface area contributed by atoms with E-state index in [1.165, 1.54) is 12.8 Å². The third kappa shape index (κ3) is 2.94. The standard InChI is InChI=1S/C12H23NO2/c1-8(2)10(11(14)15)13-9-6-5-7-12(9,3)4/h8-10,13H,5-7H2,1-4H3,(H,14,15). The molecule has 1 aliphatic rings. The zero-order chi connectivity index (χ0) is 11.6. The Morgan fingerprint density at radius 3 is 2.40 bits per heavy atom. The molecule has 0 aromatic heterocycles. The molecular weight excluding hydrogens is 190 g/mol. The van der Waals surface area contributed by atoms with Crippen molar-refractivity contribution in [1.82, 2.24) is 5.32 Å². The van der Waals surface area contributed by atoms with Gasteiger partial charge in [0.05, 0.1) is 0 Å². The fraction of sp³-hybridized carbons (Fsp3) is 0.917. The second-order valence-corrected chi connectivity index (χ2v) is 5.66. The van der Waals surface area contributed by atoms with Crippen LogP contribution >= 0.6 is 0 Å². The molecule has 2 N–H and O–H groups in total. The van der Waals surface area contributed by atoms with Crippen molar-refractivity contribution in [3.05, 3.63) is 0 Å². The lowest BCUT2D eigenvalue weighted by Crippen LogP contribution is -2.50. The van der Waals surface area contributed by atoms with Crippen LogP contribution in [0.1, 0.15) is 47.0 Å². The number of carboxylic acids is 1. The Bertz CT molecular complexity index is 236. The van der Waals surface area contributed by atoms with E-state index in [2.05, 4.69) is 19.2 Å². The van der Waals surface area contributed by atoms with Crippen LogP contribution in [0.25, 0.3) is 0 Å². The van der Waals surface area contributed by atoms with Crippen molar-refractivity contribution in [2.45, 2.75) is 59.0 Å². The van der Waals surface area contributed by atoms with Crippen LogP contribution in [0.15, 0.2) is 0 Å². The molecule has 2 unspecified atom stereocenters. The van der Waals surface area contributed by atoms with Crippen LogP contribution in [-0.4, -0.2) is 23.2 Å². The van der Waals surface area contributed by atoms with Crippen LogP contribution in [0.2, 0.25) is 0 Å². The second-order valence-electron chi connectivity index (χ2n) is 5.66. The molecule has 0 saturated heterocycles. The third-order valence-corrected chi connectivity index (χ3v) is 3.57. The molecular formula is C12H23NO2. The smallest absolute Gasteiger partial charge is 0.320 e. The number of hydrogen-bond donors (Lipinski definition) is 2. The molecule has 2 atom stereocenters. The molecule has 0 amide bonds. The van der Waals surface area contributed by atoms with E-state index in [9.17, 15) is 4.79 Å². The van der Waals surface area contributed by atoms with Gasteiger partial charge in [-0.15, -0.1) is 0 Å². The molecule has 0 heterocycles. The van der Waals surface area contributed by atoms with Gasteiger partial charge in [-0.3, -0.25) is 4.79 Å². The zero-order valence-corrected chi connectivity index (χ0v) is 10.2. The maximum atomic E-state index is 11.1. The lowest BCUT2D eigenvalue weighted by Gasteiger charge is -2.31. The fourth-order valence-electron chi connectivity index (χ4n) is 2.40. The third-order valence-electron chi connectivity index (χ3n) is 3.57. The molecule has 1 aliphatic carbocycles.